The van der Waals surface area contributed by atoms with Crippen molar-refractivity contribution in [2.45, 2.75) is 97.1 Å². The van der Waals surface area contributed by atoms with Crippen LogP contribution in [0.1, 0.15) is 83.6 Å². The van der Waals surface area contributed by atoms with E-state index in [4.69, 9.17) is 0 Å². The van der Waals surface area contributed by atoms with Gasteiger partial charge in [-0.3, -0.25) is 9.48 Å². The predicted octanol–water partition coefficient (Wildman–Crippen LogP) is 6.32. The van der Waals surface area contributed by atoms with Crippen molar-refractivity contribution in [2.75, 3.05) is 0 Å². The van der Waals surface area contributed by atoms with Crippen molar-refractivity contribution < 1.29 is 9.90 Å². The zero-order valence-electron chi connectivity index (χ0n) is 21.3. The summed E-state index contributed by atoms with van der Waals surface area (Å²) in [6, 6.07) is 6.38. The van der Waals surface area contributed by atoms with Crippen molar-refractivity contribution >= 4 is 16.7 Å². The Hall–Kier alpha value is -1.68. The van der Waals surface area contributed by atoms with Crippen LogP contribution in [0.2, 0.25) is 0 Å². The number of aryl methyl sites for hydroxylation is 1. The Morgan fingerprint density at radius 2 is 1.91 bits per heavy atom. The largest absolute Gasteiger partial charge is 0.390 e. The second-order valence-corrected chi connectivity index (χ2v) is 12.8. The molecule has 1 N–H and O–H groups in total. The van der Waals surface area contributed by atoms with Crippen LogP contribution in [0.25, 0.3) is 10.9 Å². The fourth-order valence-electron chi connectivity index (χ4n) is 9.40. The first kappa shape index (κ1) is 22.8. The van der Waals surface area contributed by atoms with Gasteiger partial charge in [-0.25, -0.2) is 0 Å². The van der Waals surface area contributed by atoms with Gasteiger partial charge in [0.2, 0.25) is 0 Å². The summed E-state index contributed by atoms with van der Waals surface area (Å²) in [5.74, 6) is 4.42. The van der Waals surface area contributed by atoms with E-state index in [9.17, 15) is 9.90 Å². The molecule has 4 nitrogen and oxygen atoms in total. The van der Waals surface area contributed by atoms with Crippen LogP contribution in [-0.2, 0) is 11.3 Å². The smallest absolute Gasteiger partial charge is 0.157 e. The molecule has 0 amide bonds. The zero-order valence-corrected chi connectivity index (χ0v) is 21.3. The summed E-state index contributed by atoms with van der Waals surface area (Å²) in [7, 11) is 0. The second-order valence-electron chi connectivity index (χ2n) is 12.8. The Bertz CT molecular complexity index is 1090. The van der Waals surface area contributed by atoms with E-state index in [0.29, 0.717) is 18.2 Å². The monoisotopic (exact) mass is 462 g/mol. The number of aromatic nitrogens is 2. The minimum Gasteiger partial charge on any atom is -0.390 e. The molecule has 184 valence electrons. The Labute approximate surface area is 204 Å². The van der Waals surface area contributed by atoms with Crippen molar-refractivity contribution in [3.8, 4) is 0 Å². The van der Waals surface area contributed by atoms with E-state index in [1.54, 1.807) is 0 Å². The number of fused-ring (bicyclic) bond motifs is 6. The van der Waals surface area contributed by atoms with Crippen molar-refractivity contribution in [1.82, 2.24) is 9.78 Å². The summed E-state index contributed by atoms with van der Waals surface area (Å²) in [6.45, 7) is 7.12. The molecule has 1 aromatic heterocycles. The highest BCUT2D eigenvalue weighted by Gasteiger charge is 2.58. The van der Waals surface area contributed by atoms with Crippen molar-refractivity contribution in [3.63, 3.8) is 0 Å². The number of hydrogen-bond acceptors (Lipinski definition) is 3. The molecule has 1 heterocycles. The maximum atomic E-state index is 13.7. The average molecular weight is 463 g/mol. The number of Topliss-reactive ketones (excluding diaryl/α,β-unsaturated/α-hetero) is 1. The summed E-state index contributed by atoms with van der Waals surface area (Å²) >= 11 is 0. The Balaban J connectivity index is 1.18. The standard InChI is InChI=1S/C30H42N2O2/c1-4-30(34)14-12-22-20(16-30)6-7-24-23(22)11-13-29(3)25(24)8-9-26(29)28(33)18-32-27-10-5-19(2)15-21(27)17-31-32/h5,10,15,17,20,22-26,34H,4,6-9,11-14,16,18H2,1-3H3/t20-,22+,23-,24-,25+,26-,29+,30-/m1/s1. The SMILES string of the molecule is CC[C@@]1(O)CC[C@H]2[C@H](CC[C@@H]3[C@@H]2CC[C@]2(C)[C@@H](C(=O)Cn4ncc5cc(C)ccc54)CC[C@@H]32)C1. The third kappa shape index (κ3) is 3.50. The Kier molecular flexibility index (Phi) is 5.48. The molecule has 0 spiro atoms. The van der Waals surface area contributed by atoms with Gasteiger partial charge in [0.1, 0.15) is 6.54 Å². The lowest BCUT2D eigenvalue weighted by Gasteiger charge is -2.57. The molecule has 0 saturated heterocycles. The number of ketones is 1. The second kappa shape index (κ2) is 8.18. The highest BCUT2D eigenvalue weighted by molar-refractivity contribution is 5.85. The maximum Gasteiger partial charge on any atom is 0.157 e. The van der Waals surface area contributed by atoms with E-state index in [1.165, 1.54) is 44.1 Å². The molecule has 0 radical (unpaired) electrons. The fourth-order valence-corrected chi connectivity index (χ4v) is 9.40. The molecule has 2 aromatic rings. The van der Waals surface area contributed by atoms with Gasteiger partial charge in [0.25, 0.3) is 0 Å². The first-order valence-electron chi connectivity index (χ1n) is 14.0. The van der Waals surface area contributed by atoms with E-state index in [-0.39, 0.29) is 11.3 Å². The van der Waals surface area contributed by atoms with E-state index < -0.39 is 5.60 Å². The molecule has 0 unspecified atom stereocenters. The van der Waals surface area contributed by atoms with Crippen molar-refractivity contribution in [3.05, 3.63) is 30.0 Å². The first-order chi connectivity index (χ1) is 16.3. The molecule has 4 heteroatoms. The third-order valence-electron chi connectivity index (χ3n) is 11.3. The molecule has 34 heavy (non-hydrogen) atoms. The van der Waals surface area contributed by atoms with Gasteiger partial charge in [0, 0.05) is 11.3 Å². The molecule has 0 aliphatic heterocycles. The topological polar surface area (TPSA) is 55.1 Å². The average Bonchev–Trinajstić information content (AvgIpc) is 3.38. The summed E-state index contributed by atoms with van der Waals surface area (Å²) in [5.41, 5.74) is 2.05. The summed E-state index contributed by atoms with van der Waals surface area (Å²) in [6.07, 6.45) is 13.4. The van der Waals surface area contributed by atoms with E-state index >= 15 is 0 Å². The van der Waals surface area contributed by atoms with Crippen LogP contribution < -0.4 is 0 Å². The molecular weight excluding hydrogens is 420 g/mol. The molecule has 0 bridgehead atoms. The quantitative estimate of drug-likeness (QED) is 0.578. The third-order valence-corrected chi connectivity index (χ3v) is 11.3. The fraction of sp³-hybridized carbons (Fsp3) is 0.733. The number of benzene rings is 1. The van der Waals surface area contributed by atoms with E-state index in [1.807, 2.05) is 10.9 Å². The minimum absolute atomic E-state index is 0.156. The number of carbonyl (C=O) groups excluding carboxylic acids is 1. The number of carbonyl (C=O) groups is 1. The highest BCUT2D eigenvalue weighted by Crippen LogP contribution is 2.64. The molecule has 4 aliphatic carbocycles. The summed E-state index contributed by atoms with van der Waals surface area (Å²) in [5, 5.41) is 16.6. The highest BCUT2D eigenvalue weighted by atomic mass is 16.3. The zero-order chi connectivity index (χ0) is 23.7. The summed E-state index contributed by atoms with van der Waals surface area (Å²) < 4.78 is 1.93. The minimum atomic E-state index is -0.405. The lowest BCUT2D eigenvalue weighted by atomic mass is 9.48. The van der Waals surface area contributed by atoms with Crippen LogP contribution in [-0.4, -0.2) is 26.3 Å². The van der Waals surface area contributed by atoms with Gasteiger partial charge in [-0.15, -0.1) is 0 Å². The molecule has 8 atom stereocenters. The molecule has 4 fully saturated rings. The van der Waals surface area contributed by atoms with Crippen LogP contribution in [0, 0.1) is 47.8 Å². The van der Waals surface area contributed by atoms with Crippen molar-refractivity contribution in [2.24, 2.45) is 40.9 Å². The molecule has 6 rings (SSSR count). The van der Waals surface area contributed by atoms with Gasteiger partial charge in [-0.1, -0.05) is 25.5 Å². The Morgan fingerprint density at radius 3 is 2.74 bits per heavy atom. The van der Waals surface area contributed by atoms with Gasteiger partial charge < -0.3 is 5.11 Å². The number of hydrogen-bond donors (Lipinski definition) is 1. The molecular formula is C30H42N2O2. The van der Waals surface area contributed by atoms with Gasteiger partial charge in [-0.2, -0.15) is 5.10 Å². The van der Waals surface area contributed by atoms with Gasteiger partial charge in [-0.05, 0) is 118 Å². The molecule has 4 aliphatic rings. The van der Waals surface area contributed by atoms with Gasteiger partial charge in [0.05, 0.1) is 17.3 Å². The number of aliphatic hydroxyl groups is 1. The molecule has 1 aromatic carbocycles. The summed E-state index contributed by atoms with van der Waals surface area (Å²) in [4.78, 5) is 13.7. The van der Waals surface area contributed by atoms with Crippen LogP contribution in [0.5, 0.6) is 0 Å². The normalized spacial score (nSPS) is 41.6. The first-order valence-corrected chi connectivity index (χ1v) is 14.0. The van der Waals surface area contributed by atoms with Gasteiger partial charge >= 0.3 is 0 Å². The number of rotatable bonds is 4. The molecule has 4 saturated carbocycles. The van der Waals surface area contributed by atoms with Crippen LogP contribution in [0.15, 0.2) is 24.4 Å². The van der Waals surface area contributed by atoms with E-state index in [2.05, 4.69) is 44.1 Å². The van der Waals surface area contributed by atoms with Crippen molar-refractivity contribution in [1.29, 1.82) is 0 Å². The van der Waals surface area contributed by atoms with Gasteiger partial charge in [0.15, 0.2) is 5.78 Å². The van der Waals surface area contributed by atoms with Crippen LogP contribution in [0.3, 0.4) is 0 Å². The van der Waals surface area contributed by atoms with E-state index in [0.717, 1.165) is 60.3 Å². The lowest BCUT2D eigenvalue weighted by molar-refractivity contribution is -0.133. The lowest BCUT2D eigenvalue weighted by Crippen LogP contribution is -2.51. The maximum absolute atomic E-state index is 13.7. The van der Waals surface area contributed by atoms with Crippen LogP contribution in [0.4, 0.5) is 0 Å². The van der Waals surface area contributed by atoms with Crippen LogP contribution >= 0.6 is 0 Å². The Morgan fingerprint density at radius 1 is 1.09 bits per heavy atom. The number of nitrogens with zero attached hydrogens (tertiary/aromatic N) is 2. The predicted molar refractivity (Wildman–Crippen MR) is 135 cm³/mol.